The molecule has 2 aromatic carbocycles. The van der Waals surface area contributed by atoms with Crippen LogP contribution in [0.1, 0.15) is 42.1 Å². The number of ether oxygens (including phenoxy) is 1. The van der Waals surface area contributed by atoms with E-state index in [1.807, 2.05) is 0 Å². The molecule has 3 aromatic rings. The van der Waals surface area contributed by atoms with Gasteiger partial charge in [0.1, 0.15) is 0 Å². The van der Waals surface area contributed by atoms with E-state index in [2.05, 4.69) is 9.97 Å². The van der Waals surface area contributed by atoms with Crippen molar-refractivity contribution in [2.75, 3.05) is 11.4 Å². The highest BCUT2D eigenvalue weighted by Gasteiger charge is 2.22. The average Bonchev–Trinajstić information content (AvgIpc) is 3.14. The lowest BCUT2D eigenvalue weighted by Crippen LogP contribution is -2.23. The Labute approximate surface area is 161 Å². The second-order valence-corrected chi connectivity index (χ2v) is 6.71. The maximum absolute atomic E-state index is 12.5. The summed E-state index contributed by atoms with van der Waals surface area (Å²) in [5.74, 6) is -0.144. The fraction of sp³-hybridized carbons (Fsp3) is 0.238. The van der Waals surface area contributed by atoms with E-state index in [0.717, 1.165) is 12.1 Å². The number of amides is 1. The van der Waals surface area contributed by atoms with Gasteiger partial charge in [-0.05, 0) is 49.7 Å². The van der Waals surface area contributed by atoms with Crippen molar-refractivity contribution in [2.45, 2.75) is 25.9 Å². The number of esters is 1. The number of benzene rings is 2. The standard InChI is InChI=1S/C21H19N3O4/c1-13(19-22-17-6-3-2-5-16(17)20(26)23-19)28-21(27)14-8-10-15(11-9-14)24-12-4-7-18(24)25/h2-3,5-6,8-11,13H,4,7,12H2,1H3,(H,22,23,26)/t13-/m0/s1. The van der Waals surface area contributed by atoms with E-state index in [-0.39, 0.29) is 17.3 Å². The summed E-state index contributed by atoms with van der Waals surface area (Å²) in [6, 6.07) is 13.7. The Balaban J connectivity index is 1.50. The largest absolute Gasteiger partial charge is 0.451 e. The molecule has 0 unspecified atom stereocenters. The van der Waals surface area contributed by atoms with Crippen molar-refractivity contribution < 1.29 is 14.3 Å². The molecular weight excluding hydrogens is 358 g/mol. The van der Waals surface area contributed by atoms with Crippen LogP contribution in [0.4, 0.5) is 5.69 Å². The first-order valence-electron chi connectivity index (χ1n) is 9.13. The van der Waals surface area contributed by atoms with Gasteiger partial charge in [-0.25, -0.2) is 9.78 Å². The zero-order chi connectivity index (χ0) is 19.7. The van der Waals surface area contributed by atoms with Crippen molar-refractivity contribution in [1.29, 1.82) is 0 Å². The van der Waals surface area contributed by atoms with Crippen LogP contribution in [0.3, 0.4) is 0 Å². The van der Waals surface area contributed by atoms with E-state index >= 15 is 0 Å². The molecule has 0 bridgehead atoms. The molecule has 2 heterocycles. The van der Waals surface area contributed by atoms with Crippen LogP contribution in [0.15, 0.2) is 53.3 Å². The quantitative estimate of drug-likeness (QED) is 0.706. The first-order valence-corrected chi connectivity index (χ1v) is 9.13. The van der Waals surface area contributed by atoms with Crippen LogP contribution in [-0.2, 0) is 9.53 Å². The number of nitrogens with zero attached hydrogens (tertiary/aromatic N) is 2. The number of hydrogen-bond donors (Lipinski definition) is 1. The zero-order valence-corrected chi connectivity index (χ0v) is 15.3. The lowest BCUT2D eigenvalue weighted by Gasteiger charge is -2.16. The average molecular weight is 377 g/mol. The number of H-pyrrole nitrogens is 1. The molecule has 0 spiro atoms. The molecule has 1 aliphatic heterocycles. The van der Waals surface area contributed by atoms with Crippen molar-refractivity contribution in [3.8, 4) is 0 Å². The molecule has 1 aliphatic rings. The lowest BCUT2D eigenvalue weighted by atomic mass is 10.2. The summed E-state index contributed by atoms with van der Waals surface area (Å²) in [6.07, 6.45) is 0.680. The van der Waals surface area contributed by atoms with E-state index < -0.39 is 12.1 Å². The lowest BCUT2D eigenvalue weighted by molar-refractivity contribution is -0.117. The fourth-order valence-electron chi connectivity index (χ4n) is 3.28. The van der Waals surface area contributed by atoms with Gasteiger partial charge in [0.2, 0.25) is 5.91 Å². The first kappa shape index (κ1) is 17.9. The van der Waals surface area contributed by atoms with E-state index in [4.69, 9.17) is 4.74 Å². The predicted octanol–water partition coefficient (Wildman–Crippen LogP) is 2.97. The third-order valence-corrected chi connectivity index (χ3v) is 4.79. The Morgan fingerprint density at radius 1 is 1.14 bits per heavy atom. The highest BCUT2D eigenvalue weighted by molar-refractivity contribution is 5.96. The van der Waals surface area contributed by atoms with Crippen molar-refractivity contribution in [3.05, 3.63) is 70.3 Å². The van der Waals surface area contributed by atoms with Crippen LogP contribution in [0, 0.1) is 0 Å². The number of anilines is 1. The molecule has 0 saturated carbocycles. The molecule has 7 heteroatoms. The van der Waals surface area contributed by atoms with E-state index in [0.29, 0.717) is 29.4 Å². The summed E-state index contributed by atoms with van der Waals surface area (Å²) in [6.45, 7) is 2.35. The molecule has 4 rings (SSSR count). The predicted molar refractivity (Wildman–Crippen MR) is 104 cm³/mol. The highest BCUT2D eigenvalue weighted by atomic mass is 16.5. The summed E-state index contributed by atoms with van der Waals surface area (Å²) >= 11 is 0. The van der Waals surface area contributed by atoms with Crippen LogP contribution in [0.2, 0.25) is 0 Å². The molecule has 0 aliphatic carbocycles. The van der Waals surface area contributed by atoms with E-state index in [1.54, 1.807) is 60.4 Å². The van der Waals surface area contributed by atoms with Crippen molar-refractivity contribution in [3.63, 3.8) is 0 Å². The molecule has 1 atom stereocenters. The molecule has 7 nitrogen and oxygen atoms in total. The minimum Gasteiger partial charge on any atom is -0.451 e. The zero-order valence-electron chi connectivity index (χ0n) is 15.3. The molecule has 1 saturated heterocycles. The third kappa shape index (κ3) is 3.38. The van der Waals surface area contributed by atoms with Gasteiger partial charge in [0.05, 0.1) is 16.5 Å². The van der Waals surface area contributed by atoms with Crippen LogP contribution in [0.5, 0.6) is 0 Å². The highest BCUT2D eigenvalue weighted by Crippen LogP contribution is 2.23. The van der Waals surface area contributed by atoms with Crippen molar-refractivity contribution in [1.82, 2.24) is 9.97 Å². The molecule has 0 radical (unpaired) electrons. The summed E-state index contributed by atoms with van der Waals surface area (Å²) < 4.78 is 5.46. The normalized spacial score (nSPS) is 15.0. The Kier molecular flexibility index (Phi) is 4.65. The Hall–Kier alpha value is -3.48. The number of nitrogens with one attached hydrogen (secondary N) is 1. The maximum Gasteiger partial charge on any atom is 0.338 e. The van der Waals surface area contributed by atoms with E-state index in [9.17, 15) is 14.4 Å². The van der Waals surface area contributed by atoms with Crippen LogP contribution >= 0.6 is 0 Å². The fourth-order valence-corrected chi connectivity index (χ4v) is 3.28. The molecule has 1 fully saturated rings. The van der Waals surface area contributed by atoms with Crippen LogP contribution in [0.25, 0.3) is 10.9 Å². The van der Waals surface area contributed by atoms with Gasteiger partial charge in [-0.15, -0.1) is 0 Å². The second kappa shape index (κ2) is 7.26. The number of carbonyl (C=O) groups is 2. The Morgan fingerprint density at radius 3 is 2.61 bits per heavy atom. The monoisotopic (exact) mass is 377 g/mol. The number of aromatic nitrogens is 2. The van der Waals surface area contributed by atoms with Gasteiger partial charge >= 0.3 is 5.97 Å². The van der Waals surface area contributed by atoms with Gasteiger partial charge in [-0.2, -0.15) is 0 Å². The summed E-state index contributed by atoms with van der Waals surface area (Å²) in [7, 11) is 0. The van der Waals surface area contributed by atoms with Gasteiger partial charge in [0, 0.05) is 18.7 Å². The number of carbonyl (C=O) groups excluding carboxylic acids is 2. The van der Waals surface area contributed by atoms with Crippen molar-refractivity contribution in [2.24, 2.45) is 0 Å². The molecule has 142 valence electrons. The molecule has 28 heavy (non-hydrogen) atoms. The van der Waals surface area contributed by atoms with Gasteiger partial charge in [0.15, 0.2) is 11.9 Å². The molecular formula is C21H19N3O4. The number of fused-ring (bicyclic) bond motifs is 1. The van der Waals surface area contributed by atoms with Gasteiger partial charge in [-0.3, -0.25) is 9.59 Å². The molecule has 1 amide bonds. The first-order chi connectivity index (χ1) is 13.5. The Morgan fingerprint density at radius 2 is 1.89 bits per heavy atom. The van der Waals surface area contributed by atoms with Gasteiger partial charge in [-0.1, -0.05) is 12.1 Å². The Bertz CT molecular complexity index is 1100. The molecule has 1 aromatic heterocycles. The maximum atomic E-state index is 12.5. The van der Waals surface area contributed by atoms with Crippen LogP contribution in [-0.4, -0.2) is 28.4 Å². The van der Waals surface area contributed by atoms with E-state index in [1.165, 1.54) is 0 Å². The number of hydrogen-bond acceptors (Lipinski definition) is 5. The minimum absolute atomic E-state index is 0.0929. The van der Waals surface area contributed by atoms with Gasteiger partial charge in [0.25, 0.3) is 5.56 Å². The summed E-state index contributed by atoms with van der Waals surface area (Å²) in [5.41, 5.74) is 1.41. The smallest absolute Gasteiger partial charge is 0.338 e. The summed E-state index contributed by atoms with van der Waals surface area (Å²) in [5, 5.41) is 0.483. The molecule has 1 N–H and O–H groups in total. The number of rotatable bonds is 4. The second-order valence-electron chi connectivity index (χ2n) is 6.71. The van der Waals surface area contributed by atoms with Crippen LogP contribution < -0.4 is 10.5 Å². The van der Waals surface area contributed by atoms with Gasteiger partial charge < -0.3 is 14.6 Å². The number of aromatic amines is 1. The summed E-state index contributed by atoms with van der Waals surface area (Å²) in [4.78, 5) is 45.2. The SMILES string of the molecule is C[C@H](OC(=O)c1ccc(N2CCCC2=O)cc1)c1nc2ccccc2c(=O)[nH]1. The third-order valence-electron chi connectivity index (χ3n) is 4.79. The minimum atomic E-state index is -0.718. The topological polar surface area (TPSA) is 92.4 Å². The van der Waals surface area contributed by atoms with Crippen molar-refractivity contribution >= 4 is 28.5 Å². The number of para-hydroxylation sites is 1.